The number of hydrogen-bond acceptors (Lipinski definition) is 1. The second-order valence-electron chi connectivity index (χ2n) is 5.47. The van der Waals surface area contributed by atoms with Crippen LogP contribution in [0.1, 0.15) is 44.7 Å². The summed E-state index contributed by atoms with van der Waals surface area (Å²) in [5.41, 5.74) is 0.961. The van der Waals surface area contributed by atoms with Gasteiger partial charge in [0, 0.05) is 6.04 Å². The van der Waals surface area contributed by atoms with Gasteiger partial charge in [0.25, 0.3) is 0 Å². The van der Waals surface area contributed by atoms with Gasteiger partial charge in [-0.05, 0) is 49.4 Å². The lowest BCUT2D eigenvalue weighted by atomic mass is 9.97. The van der Waals surface area contributed by atoms with Crippen molar-refractivity contribution in [1.82, 2.24) is 5.32 Å². The fourth-order valence-corrected chi connectivity index (χ4v) is 2.87. The van der Waals surface area contributed by atoms with Crippen molar-refractivity contribution >= 4 is 11.6 Å². The summed E-state index contributed by atoms with van der Waals surface area (Å²) in [5.74, 6) is 1.24. The summed E-state index contributed by atoms with van der Waals surface area (Å²) in [7, 11) is 0. The summed E-state index contributed by atoms with van der Waals surface area (Å²) in [6.07, 6.45) is 4.00. The number of nitrogens with one attached hydrogen (secondary N) is 1. The van der Waals surface area contributed by atoms with Crippen LogP contribution in [0.5, 0.6) is 0 Å². The molecule has 1 aromatic rings. The van der Waals surface area contributed by atoms with Gasteiger partial charge in [0.05, 0.1) is 5.02 Å². The lowest BCUT2D eigenvalue weighted by Crippen LogP contribution is -2.27. The molecule has 3 heteroatoms. The average molecular weight is 270 g/mol. The van der Waals surface area contributed by atoms with Crippen LogP contribution in [-0.2, 0) is 0 Å². The first-order valence-corrected chi connectivity index (χ1v) is 7.14. The highest BCUT2D eigenvalue weighted by Crippen LogP contribution is 2.31. The standard InChI is InChI=1S/C15H21ClFN/c1-10-4-3-5-13(10)9-18-11(2)12-6-7-14(16)15(17)8-12/h6-8,10-11,13,18H,3-5,9H2,1-2H3. The van der Waals surface area contributed by atoms with Gasteiger partial charge in [0.1, 0.15) is 5.82 Å². The van der Waals surface area contributed by atoms with E-state index in [1.54, 1.807) is 6.07 Å². The first kappa shape index (κ1) is 13.8. The van der Waals surface area contributed by atoms with E-state index in [4.69, 9.17) is 11.6 Å². The molecule has 100 valence electrons. The maximum absolute atomic E-state index is 13.4. The molecule has 2 rings (SSSR count). The molecule has 3 unspecified atom stereocenters. The Balaban J connectivity index is 1.90. The van der Waals surface area contributed by atoms with Gasteiger partial charge in [-0.3, -0.25) is 0 Å². The third kappa shape index (κ3) is 3.24. The molecule has 0 radical (unpaired) electrons. The molecule has 1 nitrogen and oxygen atoms in total. The summed E-state index contributed by atoms with van der Waals surface area (Å²) < 4.78 is 13.4. The Morgan fingerprint density at radius 3 is 2.83 bits per heavy atom. The van der Waals surface area contributed by atoms with E-state index < -0.39 is 0 Å². The van der Waals surface area contributed by atoms with Crippen LogP contribution >= 0.6 is 11.6 Å². The molecule has 1 aromatic carbocycles. The fraction of sp³-hybridized carbons (Fsp3) is 0.600. The normalized spacial score (nSPS) is 25.3. The highest BCUT2D eigenvalue weighted by atomic mass is 35.5. The SMILES string of the molecule is CC(NCC1CCCC1C)c1ccc(Cl)c(F)c1. The predicted octanol–water partition coefficient (Wildman–Crippen LogP) is 4.57. The van der Waals surface area contributed by atoms with E-state index in [1.807, 2.05) is 6.07 Å². The van der Waals surface area contributed by atoms with Crippen LogP contribution in [0.4, 0.5) is 4.39 Å². The molecule has 0 spiro atoms. The Bertz CT molecular complexity index is 407. The van der Waals surface area contributed by atoms with Crippen molar-refractivity contribution in [2.45, 2.75) is 39.2 Å². The molecule has 0 heterocycles. The maximum Gasteiger partial charge on any atom is 0.142 e. The van der Waals surface area contributed by atoms with Crippen LogP contribution in [0.3, 0.4) is 0 Å². The summed E-state index contributed by atoms with van der Waals surface area (Å²) in [5, 5.41) is 3.70. The number of rotatable bonds is 4. The van der Waals surface area contributed by atoms with Gasteiger partial charge >= 0.3 is 0 Å². The molecule has 1 aliphatic rings. The molecule has 3 atom stereocenters. The number of hydrogen-bond donors (Lipinski definition) is 1. The Labute approximate surface area is 114 Å². The summed E-state index contributed by atoms with van der Waals surface area (Å²) in [4.78, 5) is 0. The van der Waals surface area contributed by atoms with Crippen LogP contribution in [0, 0.1) is 17.7 Å². The smallest absolute Gasteiger partial charge is 0.142 e. The van der Waals surface area contributed by atoms with Gasteiger partial charge in [0.2, 0.25) is 0 Å². The Morgan fingerprint density at radius 2 is 2.22 bits per heavy atom. The second-order valence-corrected chi connectivity index (χ2v) is 5.88. The van der Waals surface area contributed by atoms with Gasteiger partial charge in [0.15, 0.2) is 0 Å². The third-order valence-electron chi connectivity index (χ3n) is 4.17. The molecular weight excluding hydrogens is 249 g/mol. The van der Waals surface area contributed by atoms with Crippen molar-refractivity contribution in [2.75, 3.05) is 6.54 Å². The van der Waals surface area contributed by atoms with Gasteiger partial charge in [-0.25, -0.2) is 4.39 Å². The molecule has 0 aliphatic heterocycles. The van der Waals surface area contributed by atoms with E-state index in [9.17, 15) is 4.39 Å². The van der Waals surface area contributed by atoms with Crippen molar-refractivity contribution in [3.8, 4) is 0 Å². The minimum Gasteiger partial charge on any atom is -0.310 e. The summed E-state index contributed by atoms with van der Waals surface area (Å²) in [6.45, 7) is 5.42. The number of halogens is 2. The Hall–Kier alpha value is -0.600. The van der Waals surface area contributed by atoms with Crippen LogP contribution < -0.4 is 5.32 Å². The molecule has 18 heavy (non-hydrogen) atoms. The van der Waals surface area contributed by atoms with Crippen molar-refractivity contribution in [1.29, 1.82) is 0 Å². The lowest BCUT2D eigenvalue weighted by Gasteiger charge is -2.20. The molecule has 0 amide bonds. The van der Waals surface area contributed by atoms with Crippen molar-refractivity contribution in [2.24, 2.45) is 11.8 Å². The van der Waals surface area contributed by atoms with Crippen molar-refractivity contribution < 1.29 is 4.39 Å². The molecule has 1 N–H and O–H groups in total. The first-order chi connectivity index (χ1) is 8.58. The Morgan fingerprint density at radius 1 is 1.44 bits per heavy atom. The van der Waals surface area contributed by atoms with Gasteiger partial charge in [-0.1, -0.05) is 37.4 Å². The minimum atomic E-state index is -0.336. The summed E-state index contributed by atoms with van der Waals surface area (Å²) >= 11 is 5.69. The van der Waals surface area contributed by atoms with Gasteiger partial charge in [-0.2, -0.15) is 0 Å². The molecular formula is C15H21ClFN. The lowest BCUT2D eigenvalue weighted by molar-refractivity contribution is 0.374. The second kappa shape index (κ2) is 6.03. The molecule has 0 bridgehead atoms. The highest BCUT2D eigenvalue weighted by Gasteiger charge is 2.23. The maximum atomic E-state index is 13.4. The topological polar surface area (TPSA) is 12.0 Å². The molecule has 0 aromatic heterocycles. The molecule has 1 fully saturated rings. The van der Waals surface area contributed by atoms with E-state index in [1.165, 1.54) is 25.3 Å². The van der Waals surface area contributed by atoms with E-state index in [0.717, 1.165) is 23.9 Å². The van der Waals surface area contributed by atoms with E-state index in [2.05, 4.69) is 19.2 Å². The fourth-order valence-electron chi connectivity index (χ4n) is 2.75. The zero-order valence-corrected chi connectivity index (χ0v) is 11.8. The van der Waals surface area contributed by atoms with Crippen molar-refractivity contribution in [3.63, 3.8) is 0 Å². The van der Waals surface area contributed by atoms with E-state index >= 15 is 0 Å². The van der Waals surface area contributed by atoms with Crippen LogP contribution in [0.15, 0.2) is 18.2 Å². The van der Waals surface area contributed by atoms with Crippen LogP contribution in [0.25, 0.3) is 0 Å². The Kier molecular flexibility index (Phi) is 4.63. The quantitative estimate of drug-likeness (QED) is 0.845. The molecule has 1 saturated carbocycles. The van der Waals surface area contributed by atoms with E-state index in [0.29, 0.717) is 0 Å². The van der Waals surface area contributed by atoms with E-state index in [-0.39, 0.29) is 16.9 Å². The minimum absolute atomic E-state index is 0.171. The van der Waals surface area contributed by atoms with Gasteiger partial charge in [-0.15, -0.1) is 0 Å². The average Bonchev–Trinajstić information content (AvgIpc) is 2.75. The first-order valence-electron chi connectivity index (χ1n) is 6.76. The number of benzene rings is 1. The van der Waals surface area contributed by atoms with Gasteiger partial charge < -0.3 is 5.32 Å². The highest BCUT2D eigenvalue weighted by molar-refractivity contribution is 6.30. The van der Waals surface area contributed by atoms with Crippen LogP contribution in [0.2, 0.25) is 5.02 Å². The molecule has 1 aliphatic carbocycles. The van der Waals surface area contributed by atoms with Crippen LogP contribution in [-0.4, -0.2) is 6.54 Å². The zero-order valence-electron chi connectivity index (χ0n) is 11.0. The molecule has 0 saturated heterocycles. The largest absolute Gasteiger partial charge is 0.310 e. The van der Waals surface area contributed by atoms with Crippen molar-refractivity contribution in [3.05, 3.63) is 34.6 Å². The third-order valence-corrected chi connectivity index (χ3v) is 4.48. The monoisotopic (exact) mass is 269 g/mol. The predicted molar refractivity (Wildman–Crippen MR) is 74.3 cm³/mol. The summed E-state index contributed by atoms with van der Waals surface area (Å²) in [6, 6.07) is 5.21. The zero-order chi connectivity index (χ0) is 13.1.